The van der Waals surface area contributed by atoms with E-state index in [1.54, 1.807) is 17.4 Å². The van der Waals surface area contributed by atoms with Crippen LogP contribution in [-0.4, -0.2) is 0 Å². The average molecular weight is 350 g/mol. The zero-order valence-corrected chi connectivity index (χ0v) is 13.3. The van der Waals surface area contributed by atoms with Crippen LogP contribution in [0, 0.1) is 12.7 Å². The van der Waals surface area contributed by atoms with Crippen LogP contribution in [0.1, 0.15) is 11.1 Å². The molecule has 3 aromatic rings. The van der Waals surface area contributed by atoms with Crippen molar-refractivity contribution in [3.8, 4) is 0 Å². The number of anilines is 1. The lowest BCUT2D eigenvalue weighted by Crippen LogP contribution is -2.01. The summed E-state index contributed by atoms with van der Waals surface area (Å²) < 4.78 is 15.2. The van der Waals surface area contributed by atoms with E-state index in [4.69, 9.17) is 0 Å². The Kier molecular flexibility index (Phi) is 3.76. The molecule has 0 bridgehead atoms. The number of aryl methyl sites for hydroxylation is 1. The third-order valence-electron chi connectivity index (χ3n) is 3.30. The smallest absolute Gasteiger partial charge is 0.137 e. The number of thiophene rings is 1. The molecule has 0 aliphatic heterocycles. The highest BCUT2D eigenvalue weighted by Crippen LogP contribution is 2.28. The number of hydrogen-bond acceptors (Lipinski definition) is 2. The van der Waals surface area contributed by atoms with Gasteiger partial charge in [0.2, 0.25) is 0 Å². The van der Waals surface area contributed by atoms with E-state index in [2.05, 4.69) is 50.9 Å². The molecule has 0 radical (unpaired) electrons. The molecule has 0 saturated carbocycles. The number of halogens is 2. The van der Waals surface area contributed by atoms with Crippen LogP contribution in [0.4, 0.5) is 10.1 Å². The standard InChI is InChI=1S/C16H13BrFNS/c1-10-6-14(18)13(17)7-15(10)19-8-11-9-20-16-5-3-2-4-12(11)16/h2-7,9,19H,8H2,1H3. The van der Waals surface area contributed by atoms with Gasteiger partial charge in [-0.3, -0.25) is 0 Å². The highest BCUT2D eigenvalue weighted by atomic mass is 79.9. The number of rotatable bonds is 3. The van der Waals surface area contributed by atoms with Crippen molar-refractivity contribution in [3.63, 3.8) is 0 Å². The van der Waals surface area contributed by atoms with Crippen LogP contribution in [0.5, 0.6) is 0 Å². The molecule has 4 heteroatoms. The molecule has 0 aliphatic rings. The van der Waals surface area contributed by atoms with E-state index < -0.39 is 0 Å². The first-order chi connectivity index (χ1) is 9.65. The Hall–Kier alpha value is -1.39. The van der Waals surface area contributed by atoms with Gasteiger partial charge in [-0.2, -0.15) is 0 Å². The third-order valence-corrected chi connectivity index (χ3v) is 4.92. The van der Waals surface area contributed by atoms with E-state index in [9.17, 15) is 4.39 Å². The molecule has 0 amide bonds. The summed E-state index contributed by atoms with van der Waals surface area (Å²) in [4.78, 5) is 0. The average Bonchev–Trinajstić information content (AvgIpc) is 2.85. The van der Waals surface area contributed by atoms with Crippen molar-refractivity contribution < 1.29 is 4.39 Å². The topological polar surface area (TPSA) is 12.0 Å². The second kappa shape index (κ2) is 5.54. The predicted octanol–water partition coefficient (Wildman–Crippen LogP) is 5.72. The van der Waals surface area contributed by atoms with Gasteiger partial charge in [0.05, 0.1) is 4.47 Å². The normalized spacial score (nSPS) is 10.9. The van der Waals surface area contributed by atoms with Gasteiger partial charge in [-0.1, -0.05) is 18.2 Å². The van der Waals surface area contributed by atoms with Gasteiger partial charge in [0, 0.05) is 16.9 Å². The maximum atomic E-state index is 13.4. The molecule has 0 unspecified atom stereocenters. The Bertz CT molecular complexity index is 766. The molecule has 3 rings (SSSR count). The third kappa shape index (κ3) is 2.58. The summed E-state index contributed by atoms with van der Waals surface area (Å²) in [6.45, 7) is 2.65. The molecule has 1 nitrogen and oxygen atoms in total. The van der Waals surface area contributed by atoms with Gasteiger partial charge in [-0.25, -0.2) is 4.39 Å². The molecule has 0 fully saturated rings. The lowest BCUT2D eigenvalue weighted by molar-refractivity contribution is 0.620. The van der Waals surface area contributed by atoms with Crippen molar-refractivity contribution in [2.24, 2.45) is 0 Å². The predicted molar refractivity (Wildman–Crippen MR) is 88.0 cm³/mol. The Balaban J connectivity index is 1.85. The maximum absolute atomic E-state index is 13.4. The minimum atomic E-state index is -0.228. The van der Waals surface area contributed by atoms with Crippen molar-refractivity contribution in [1.82, 2.24) is 0 Å². The second-order valence-corrected chi connectivity index (χ2v) is 6.46. The Morgan fingerprint density at radius 2 is 2.05 bits per heavy atom. The van der Waals surface area contributed by atoms with Crippen LogP contribution < -0.4 is 5.32 Å². The van der Waals surface area contributed by atoms with Crippen LogP contribution >= 0.6 is 27.3 Å². The molecular weight excluding hydrogens is 337 g/mol. The summed E-state index contributed by atoms with van der Waals surface area (Å²) in [5, 5.41) is 6.84. The summed E-state index contributed by atoms with van der Waals surface area (Å²) in [5.41, 5.74) is 3.13. The van der Waals surface area contributed by atoms with E-state index in [0.717, 1.165) is 17.8 Å². The van der Waals surface area contributed by atoms with Gasteiger partial charge in [0.1, 0.15) is 5.82 Å². The van der Waals surface area contributed by atoms with Crippen molar-refractivity contribution >= 4 is 43.0 Å². The quantitative estimate of drug-likeness (QED) is 0.637. The van der Waals surface area contributed by atoms with Gasteiger partial charge < -0.3 is 5.32 Å². The number of hydrogen-bond donors (Lipinski definition) is 1. The number of benzene rings is 2. The van der Waals surface area contributed by atoms with Crippen LogP contribution in [0.15, 0.2) is 46.3 Å². The van der Waals surface area contributed by atoms with Crippen LogP contribution in [0.3, 0.4) is 0 Å². The SMILES string of the molecule is Cc1cc(F)c(Br)cc1NCc1csc2ccccc12. The second-order valence-electron chi connectivity index (χ2n) is 4.69. The maximum Gasteiger partial charge on any atom is 0.137 e. The van der Waals surface area contributed by atoms with Gasteiger partial charge in [-0.15, -0.1) is 11.3 Å². The highest BCUT2D eigenvalue weighted by molar-refractivity contribution is 9.10. The summed E-state index contributed by atoms with van der Waals surface area (Å²) in [6.07, 6.45) is 0. The van der Waals surface area contributed by atoms with Crippen molar-refractivity contribution in [3.05, 3.63) is 63.2 Å². The van der Waals surface area contributed by atoms with E-state index in [-0.39, 0.29) is 5.82 Å². The Morgan fingerprint density at radius 1 is 1.25 bits per heavy atom. The van der Waals surface area contributed by atoms with Crippen LogP contribution in [0.25, 0.3) is 10.1 Å². The molecule has 0 atom stereocenters. The van der Waals surface area contributed by atoms with Crippen LogP contribution in [0.2, 0.25) is 0 Å². The van der Waals surface area contributed by atoms with E-state index in [1.165, 1.54) is 21.7 Å². The largest absolute Gasteiger partial charge is 0.381 e. The fourth-order valence-corrected chi connectivity index (χ4v) is 3.50. The first-order valence-electron chi connectivity index (χ1n) is 6.30. The minimum absolute atomic E-state index is 0.228. The summed E-state index contributed by atoms with van der Waals surface area (Å²) in [6, 6.07) is 11.7. The van der Waals surface area contributed by atoms with Crippen molar-refractivity contribution in [1.29, 1.82) is 0 Å². The zero-order valence-electron chi connectivity index (χ0n) is 10.9. The first-order valence-corrected chi connectivity index (χ1v) is 7.97. The molecule has 0 saturated heterocycles. The van der Waals surface area contributed by atoms with E-state index in [0.29, 0.717) is 4.47 Å². The van der Waals surface area contributed by atoms with Gasteiger partial charge in [-0.05, 0) is 62.9 Å². The molecule has 1 N–H and O–H groups in total. The first kappa shape index (κ1) is 13.6. The fraction of sp³-hybridized carbons (Fsp3) is 0.125. The van der Waals surface area contributed by atoms with Crippen molar-refractivity contribution in [2.75, 3.05) is 5.32 Å². The highest BCUT2D eigenvalue weighted by Gasteiger charge is 2.07. The molecule has 1 heterocycles. The summed E-state index contributed by atoms with van der Waals surface area (Å²) >= 11 is 4.98. The molecular formula is C16H13BrFNS. The van der Waals surface area contributed by atoms with Crippen LogP contribution in [-0.2, 0) is 6.54 Å². The lowest BCUT2D eigenvalue weighted by atomic mass is 10.1. The molecule has 20 heavy (non-hydrogen) atoms. The summed E-state index contributed by atoms with van der Waals surface area (Å²) in [5.74, 6) is -0.228. The number of nitrogens with one attached hydrogen (secondary N) is 1. The van der Waals surface area contributed by atoms with E-state index >= 15 is 0 Å². The molecule has 1 aromatic heterocycles. The van der Waals surface area contributed by atoms with Gasteiger partial charge in [0.15, 0.2) is 0 Å². The minimum Gasteiger partial charge on any atom is -0.381 e. The van der Waals surface area contributed by atoms with E-state index in [1.807, 2.05) is 6.92 Å². The Labute approximate surface area is 129 Å². The van der Waals surface area contributed by atoms with Gasteiger partial charge in [0.25, 0.3) is 0 Å². The monoisotopic (exact) mass is 349 g/mol. The Morgan fingerprint density at radius 3 is 2.90 bits per heavy atom. The number of fused-ring (bicyclic) bond motifs is 1. The molecule has 0 aliphatic carbocycles. The molecule has 0 spiro atoms. The van der Waals surface area contributed by atoms with Gasteiger partial charge >= 0.3 is 0 Å². The molecule has 102 valence electrons. The van der Waals surface area contributed by atoms with Crippen molar-refractivity contribution in [2.45, 2.75) is 13.5 Å². The fourth-order valence-electron chi connectivity index (χ4n) is 2.20. The summed E-state index contributed by atoms with van der Waals surface area (Å²) in [7, 11) is 0. The lowest BCUT2D eigenvalue weighted by Gasteiger charge is -2.10. The zero-order chi connectivity index (χ0) is 14.1. The molecule has 2 aromatic carbocycles.